The Balaban J connectivity index is 1.38. The quantitative estimate of drug-likeness (QED) is 0.312. The molecule has 0 radical (unpaired) electrons. The van der Waals surface area contributed by atoms with Gasteiger partial charge in [-0.05, 0) is 61.0 Å². The van der Waals surface area contributed by atoms with Crippen LogP contribution in [0.1, 0.15) is 11.1 Å². The molecule has 5 rings (SSSR count). The Morgan fingerprint density at radius 2 is 1.82 bits per heavy atom. The topological polar surface area (TPSA) is 112 Å². The Morgan fingerprint density at radius 1 is 1.06 bits per heavy atom. The van der Waals surface area contributed by atoms with Crippen LogP contribution in [-0.4, -0.2) is 30.5 Å². The van der Waals surface area contributed by atoms with Gasteiger partial charge in [-0.3, -0.25) is 4.79 Å². The second kappa shape index (κ2) is 8.48. The van der Waals surface area contributed by atoms with Crippen molar-refractivity contribution in [1.29, 1.82) is 0 Å². The fourth-order valence-electron chi connectivity index (χ4n) is 4.06. The summed E-state index contributed by atoms with van der Waals surface area (Å²) >= 11 is 0. The molecule has 3 aromatic carbocycles. The molecule has 0 amide bonds. The Labute approximate surface area is 196 Å². The molecule has 7 nitrogen and oxygen atoms in total. The van der Waals surface area contributed by atoms with Crippen molar-refractivity contribution in [2.75, 3.05) is 0 Å². The number of nitrogens with one attached hydrogen (secondary N) is 2. The number of furan rings is 1. The summed E-state index contributed by atoms with van der Waals surface area (Å²) in [6, 6.07) is 20.1. The van der Waals surface area contributed by atoms with Gasteiger partial charge in [-0.1, -0.05) is 29.8 Å². The number of carbonyl (C=O) groups is 1. The van der Waals surface area contributed by atoms with Gasteiger partial charge in [0.2, 0.25) is 10.0 Å². The predicted molar refractivity (Wildman–Crippen MR) is 130 cm³/mol. The molecule has 34 heavy (non-hydrogen) atoms. The number of rotatable bonds is 7. The zero-order valence-electron chi connectivity index (χ0n) is 18.3. The predicted octanol–water partition coefficient (Wildman–Crippen LogP) is 4.86. The SMILES string of the molecule is Cc1ccc2oc(-c3ccc(S(=O)(=O)N[C@H](Cc4c[nH]c5ccccc45)C(=O)O)cc3)cc2c1. The minimum atomic E-state index is -4.06. The number of carboxylic acid groups (broad SMARTS) is 1. The van der Waals surface area contributed by atoms with Crippen LogP contribution in [0.2, 0.25) is 0 Å². The van der Waals surface area contributed by atoms with Crippen LogP contribution in [0.15, 0.2) is 88.3 Å². The third kappa shape index (κ3) is 4.21. The summed E-state index contributed by atoms with van der Waals surface area (Å²) in [5, 5.41) is 11.5. The van der Waals surface area contributed by atoms with Crippen molar-refractivity contribution in [3.05, 3.63) is 90.1 Å². The molecule has 5 aromatic rings. The van der Waals surface area contributed by atoms with Gasteiger partial charge in [0, 0.05) is 34.5 Å². The molecule has 0 spiro atoms. The van der Waals surface area contributed by atoms with Crippen molar-refractivity contribution in [1.82, 2.24) is 9.71 Å². The number of aromatic amines is 1. The van der Waals surface area contributed by atoms with Crippen molar-refractivity contribution in [2.24, 2.45) is 0 Å². The van der Waals surface area contributed by atoms with Crippen LogP contribution in [0, 0.1) is 6.92 Å². The number of H-pyrrole nitrogens is 1. The summed E-state index contributed by atoms with van der Waals surface area (Å²) in [5.74, 6) is -0.622. The summed E-state index contributed by atoms with van der Waals surface area (Å²) < 4.78 is 34.1. The van der Waals surface area contributed by atoms with E-state index in [0.717, 1.165) is 38.6 Å². The Morgan fingerprint density at radius 3 is 2.59 bits per heavy atom. The van der Waals surface area contributed by atoms with Crippen molar-refractivity contribution in [3.63, 3.8) is 0 Å². The maximum atomic E-state index is 13.0. The van der Waals surface area contributed by atoms with E-state index in [9.17, 15) is 18.3 Å². The lowest BCUT2D eigenvalue weighted by Gasteiger charge is -2.15. The zero-order valence-corrected chi connectivity index (χ0v) is 19.1. The lowest BCUT2D eigenvalue weighted by atomic mass is 10.1. The first kappa shape index (κ1) is 21.9. The number of aliphatic carboxylic acids is 1. The van der Waals surface area contributed by atoms with Gasteiger partial charge in [0.1, 0.15) is 17.4 Å². The standard InChI is InChI=1S/C26H22N2O5S/c1-16-6-11-24-18(12-16)14-25(33-24)17-7-9-20(10-8-17)34(31,32)28-23(26(29)30)13-19-15-27-22-5-3-2-4-21(19)22/h2-12,14-15,23,27-28H,13H2,1H3,(H,29,30)/t23-/m1/s1. The van der Waals surface area contributed by atoms with E-state index >= 15 is 0 Å². The van der Waals surface area contributed by atoms with Crippen LogP contribution in [-0.2, 0) is 21.2 Å². The number of aryl methyl sites for hydroxylation is 1. The van der Waals surface area contributed by atoms with E-state index in [4.69, 9.17) is 4.42 Å². The van der Waals surface area contributed by atoms with Crippen LogP contribution in [0.25, 0.3) is 33.2 Å². The molecule has 8 heteroatoms. The Hall–Kier alpha value is -3.88. The highest BCUT2D eigenvalue weighted by Gasteiger charge is 2.26. The lowest BCUT2D eigenvalue weighted by molar-refractivity contribution is -0.138. The van der Waals surface area contributed by atoms with Crippen molar-refractivity contribution in [3.8, 4) is 11.3 Å². The van der Waals surface area contributed by atoms with Gasteiger partial charge in [-0.15, -0.1) is 0 Å². The van der Waals surface area contributed by atoms with Gasteiger partial charge in [-0.25, -0.2) is 8.42 Å². The third-order valence-electron chi connectivity index (χ3n) is 5.82. The highest BCUT2D eigenvalue weighted by atomic mass is 32.2. The Kier molecular flexibility index (Phi) is 5.47. The first-order valence-electron chi connectivity index (χ1n) is 10.7. The fourth-order valence-corrected chi connectivity index (χ4v) is 5.25. The number of hydrogen-bond donors (Lipinski definition) is 3. The number of benzene rings is 3. The van der Waals surface area contributed by atoms with E-state index in [2.05, 4.69) is 9.71 Å². The molecule has 2 aromatic heterocycles. The summed E-state index contributed by atoms with van der Waals surface area (Å²) in [5.41, 5.74) is 4.18. The van der Waals surface area contributed by atoms with Crippen LogP contribution >= 0.6 is 0 Å². The molecule has 0 fully saturated rings. The van der Waals surface area contributed by atoms with Gasteiger partial charge in [0.05, 0.1) is 4.90 Å². The van der Waals surface area contributed by atoms with Crippen LogP contribution in [0.3, 0.4) is 0 Å². The summed E-state index contributed by atoms with van der Waals surface area (Å²) in [6.45, 7) is 2.00. The molecule has 172 valence electrons. The average molecular weight is 475 g/mol. The first-order valence-corrected chi connectivity index (χ1v) is 12.2. The number of aromatic nitrogens is 1. The largest absolute Gasteiger partial charge is 0.480 e. The number of fused-ring (bicyclic) bond motifs is 2. The van der Waals surface area contributed by atoms with Gasteiger partial charge in [0.25, 0.3) is 0 Å². The van der Waals surface area contributed by atoms with Crippen LogP contribution in [0.5, 0.6) is 0 Å². The van der Waals surface area contributed by atoms with E-state index in [-0.39, 0.29) is 11.3 Å². The molecule has 3 N–H and O–H groups in total. The van der Waals surface area contributed by atoms with Crippen molar-refractivity contribution >= 4 is 37.9 Å². The first-order chi connectivity index (χ1) is 16.3. The lowest BCUT2D eigenvalue weighted by Crippen LogP contribution is -2.42. The molecule has 0 saturated carbocycles. The van der Waals surface area contributed by atoms with E-state index in [0.29, 0.717) is 5.76 Å². The van der Waals surface area contributed by atoms with Crippen LogP contribution < -0.4 is 4.72 Å². The molecule has 0 saturated heterocycles. The number of carboxylic acids is 1. The van der Waals surface area contributed by atoms with Gasteiger partial charge in [-0.2, -0.15) is 4.72 Å². The number of hydrogen-bond acceptors (Lipinski definition) is 4. The molecule has 0 bridgehead atoms. The minimum absolute atomic E-state index is 0.00899. The summed E-state index contributed by atoms with van der Waals surface area (Å²) in [4.78, 5) is 14.9. The molecule has 0 aliphatic heterocycles. The van der Waals surface area contributed by atoms with Gasteiger partial charge >= 0.3 is 5.97 Å². The maximum Gasteiger partial charge on any atom is 0.322 e. The van der Waals surface area contributed by atoms with E-state index in [1.54, 1.807) is 18.3 Å². The monoisotopic (exact) mass is 474 g/mol. The normalized spacial score (nSPS) is 12.9. The number of para-hydroxylation sites is 1. The molecular weight excluding hydrogens is 452 g/mol. The van der Waals surface area contributed by atoms with Crippen molar-refractivity contribution < 1.29 is 22.7 Å². The highest BCUT2D eigenvalue weighted by molar-refractivity contribution is 7.89. The maximum absolute atomic E-state index is 13.0. The van der Waals surface area contributed by atoms with Crippen LogP contribution in [0.4, 0.5) is 0 Å². The molecule has 0 unspecified atom stereocenters. The fraction of sp³-hybridized carbons (Fsp3) is 0.115. The second-order valence-electron chi connectivity index (χ2n) is 8.25. The molecule has 0 aliphatic carbocycles. The zero-order chi connectivity index (χ0) is 23.9. The van der Waals surface area contributed by atoms with Gasteiger partial charge < -0.3 is 14.5 Å². The molecule has 0 aliphatic rings. The average Bonchev–Trinajstić information content (AvgIpc) is 3.42. The molecule has 1 atom stereocenters. The highest BCUT2D eigenvalue weighted by Crippen LogP contribution is 2.29. The minimum Gasteiger partial charge on any atom is -0.480 e. The second-order valence-corrected chi connectivity index (χ2v) is 9.97. The summed E-state index contributed by atoms with van der Waals surface area (Å²) in [6.07, 6.45) is 1.72. The molecular formula is C26H22N2O5S. The molecule has 2 heterocycles. The third-order valence-corrected chi connectivity index (χ3v) is 7.30. The van der Waals surface area contributed by atoms with Crippen molar-refractivity contribution in [2.45, 2.75) is 24.3 Å². The van der Waals surface area contributed by atoms with E-state index in [1.807, 2.05) is 55.5 Å². The summed E-state index contributed by atoms with van der Waals surface area (Å²) in [7, 11) is -4.06. The Bertz CT molecular complexity index is 1610. The smallest absolute Gasteiger partial charge is 0.322 e. The van der Waals surface area contributed by atoms with E-state index in [1.165, 1.54) is 12.1 Å². The number of sulfonamides is 1. The van der Waals surface area contributed by atoms with Gasteiger partial charge in [0.15, 0.2) is 0 Å². The van der Waals surface area contributed by atoms with E-state index < -0.39 is 22.0 Å².